The maximum atomic E-state index is 13.3. The van der Waals surface area contributed by atoms with Crippen molar-refractivity contribution in [1.82, 2.24) is 10.2 Å². The van der Waals surface area contributed by atoms with Crippen LogP contribution in [0.1, 0.15) is 11.6 Å². The lowest BCUT2D eigenvalue weighted by molar-refractivity contribution is 0.214. The van der Waals surface area contributed by atoms with Gasteiger partial charge in [-0.25, -0.2) is 8.78 Å². The third-order valence-electron chi connectivity index (χ3n) is 3.05. The maximum Gasteiger partial charge on any atom is 0.159 e. The number of benzene rings is 1. The van der Waals surface area contributed by atoms with E-state index in [-0.39, 0.29) is 11.0 Å². The van der Waals surface area contributed by atoms with E-state index in [4.69, 9.17) is 18.0 Å². The molecule has 1 aliphatic heterocycles. The number of hydrogen-bond acceptors (Lipinski definition) is 3. The van der Waals surface area contributed by atoms with Gasteiger partial charge < -0.3 is 11.1 Å². The van der Waals surface area contributed by atoms with Crippen molar-refractivity contribution < 1.29 is 8.78 Å². The van der Waals surface area contributed by atoms with Crippen molar-refractivity contribution >= 4 is 17.2 Å². The van der Waals surface area contributed by atoms with E-state index < -0.39 is 11.6 Å². The summed E-state index contributed by atoms with van der Waals surface area (Å²) in [6.45, 7) is 3.23. The Morgan fingerprint density at radius 2 is 1.94 bits per heavy atom. The molecule has 0 bridgehead atoms. The van der Waals surface area contributed by atoms with Crippen molar-refractivity contribution in [2.45, 2.75) is 6.04 Å². The predicted octanol–water partition coefficient (Wildman–Crippen LogP) is 1.20. The van der Waals surface area contributed by atoms with Crippen molar-refractivity contribution in [3.63, 3.8) is 0 Å². The van der Waals surface area contributed by atoms with Gasteiger partial charge in [0.2, 0.25) is 0 Å². The van der Waals surface area contributed by atoms with Crippen LogP contribution in [0, 0.1) is 11.6 Å². The van der Waals surface area contributed by atoms with Gasteiger partial charge in [0.15, 0.2) is 11.6 Å². The Kier molecular flexibility index (Phi) is 4.21. The first-order valence-electron chi connectivity index (χ1n) is 5.78. The third kappa shape index (κ3) is 2.82. The molecule has 6 heteroatoms. The maximum absolute atomic E-state index is 13.3. The summed E-state index contributed by atoms with van der Waals surface area (Å²) in [7, 11) is 0. The Labute approximate surface area is 110 Å². The summed E-state index contributed by atoms with van der Waals surface area (Å²) in [5.41, 5.74) is 6.34. The molecule has 1 fully saturated rings. The number of nitrogens with one attached hydrogen (secondary N) is 1. The minimum absolute atomic E-state index is 0.280. The third-order valence-corrected chi connectivity index (χ3v) is 3.27. The van der Waals surface area contributed by atoms with Crippen LogP contribution in [-0.2, 0) is 0 Å². The van der Waals surface area contributed by atoms with E-state index in [9.17, 15) is 8.78 Å². The molecular formula is C12H15F2N3S. The number of rotatable bonds is 3. The second-order valence-corrected chi connectivity index (χ2v) is 4.74. The highest BCUT2D eigenvalue weighted by Crippen LogP contribution is 2.23. The fourth-order valence-electron chi connectivity index (χ4n) is 2.18. The SMILES string of the molecule is NC(=S)C(c1ccc(F)c(F)c1)N1CCNCC1. The average Bonchev–Trinajstić information content (AvgIpc) is 2.35. The molecule has 1 atom stereocenters. The molecule has 3 nitrogen and oxygen atoms in total. The smallest absolute Gasteiger partial charge is 0.159 e. The lowest BCUT2D eigenvalue weighted by Crippen LogP contribution is -2.48. The molecule has 1 saturated heterocycles. The number of halogens is 2. The molecule has 0 aromatic heterocycles. The fourth-order valence-corrected chi connectivity index (χ4v) is 2.46. The van der Waals surface area contributed by atoms with Crippen LogP contribution in [0.4, 0.5) is 8.78 Å². The first kappa shape index (κ1) is 13.3. The Morgan fingerprint density at radius 3 is 2.50 bits per heavy atom. The highest BCUT2D eigenvalue weighted by molar-refractivity contribution is 7.80. The molecule has 1 heterocycles. The average molecular weight is 271 g/mol. The zero-order chi connectivity index (χ0) is 13.1. The summed E-state index contributed by atoms with van der Waals surface area (Å²) in [5.74, 6) is -1.73. The van der Waals surface area contributed by atoms with E-state index in [1.807, 2.05) is 0 Å². The van der Waals surface area contributed by atoms with Crippen LogP contribution in [-0.4, -0.2) is 36.1 Å². The zero-order valence-electron chi connectivity index (χ0n) is 9.83. The van der Waals surface area contributed by atoms with Crippen LogP contribution < -0.4 is 11.1 Å². The number of thiocarbonyl (C=S) groups is 1. The summed E-state index contributed by atoms with van der Waals surface area (Å²) in [6, 6.07) is 3.47. The standard InChI is InChI=1S/C12H15F2N3S/c13-9-2-1-8(7-10(9)14)11(12(15)18)17-5-3-16-4-6-17/h1-2,7,11,16H,3-6H2,(H2,15,18). The van der Waals surface area contributed by atoms with Crippen LogP contribution in [0.3, 0.4) is 0 Å². The fraction of sp³-hybridized carbons (Fsp3) is 0.417. The Balaban J connectivity index is 2.28. The van der Waals surface area contributed by atoms with Crippen LogP contribution in [0.15, 0.2) is 18.2 Å². The van der Waals surface area contributed by atoms with Gasteiger partial charge in [0.1, 0.15) is 0 Å². The molecule has 1 aromatic carbocycles. The molecule has 18 heavy (non-hydrogen) atoms. The van der Waals surface area contributed by atoms with E-state index in [0.717, 1.165) is 32.2 Å². The minimum Gasteiger partial charge on any atom is -0.392 e. The molecule has 98 valence electrons. The number of nitrogens with two attached hydrogens (primary N) is 1. The van der Waals surface area contributed by atoms with E-state index in [1.165, 1.54) is 12.1 Å². The van der Waals surface area contributed by atoms with Gasteiger partial charge in [-0.15, -0.1) is 0 Å². The van der Waals surface area contributed by atoms with E-state index in [2.05, 4.69) is 10.2 Å². The molecular weight excluding hydrogens is 256 g/mol. The van der Waals surface area contributed by atoms with Crippen LogP contribution >= 0.6 is 12.2 Å². The quantitative estimate of drug-likeness (QED) is 0.811. The molecule has 1 aliphatic rings. The van der Waals surface area contributed by atoms with Gasteiger partial charge in [0.05, 0.1) is 11.0 Å². The van der Waals surface area contributed by atoms with Crippen LogP contribution in [0.5, 0.6) is 0 Å². The van der Waals surface area contributed by atoms with Gasteiger partial charge in [0.25, 0.3) is 0 Å². The Bertz CT molecular complexity index is 447. The molecule has 2 rings (SSSR count). The highest BCUT2D eigenvalue weighted by Gasteiger charge is 2.25. The topological polar surface area (TPSA) is 41.3 Å². The molecule has 0 aliphatic carbocycles. The summed E-state index contributed by atoms with van der Waals surface area (Å²) >= 11 is 5.06. The normalized spacial score (nSPS) is 18.6. The van der Waals surface area contributed by atoms with Crippen molar-refractivity contribution in [2.24, 2.45) is 5.73 Å². The molecule has 3 N–H and O–H groups in total. The molecule has 0 radical (unpaired) electrons. The van der Waals surface area contributed by atoms with E-state index >= 15 is 0 Å². The van der Waals surface area contributed by atoms with Gasteiger partial charge in [-0.2, -0.15) is 0 Å². The first-order valence-corrected chi connectivity index (χ1v) is 6.19. The minimum atomic E-state index is -0.871. The monoisotopic (exact) mass is 271 g/mol. The summed E-state index contributed by atoms with van der Waals surface area (Å²) in [5, 5.41) is 3.22. The van der Waals surface area contributed by atoms with E-state index in [0.29, 0.717) is 5.56 Å². The van der Waals surface area contributed by atoms with Gasteiger partial charge in [-0.3, -0.25) is 4.90 Å². The van der Waals surface area contributed by atoms with Crippen molar-refractivity contribution in [2.75, 3.05) is 26.2 Å². The molecule has 1 unspecified atom stereocenters. The van der Waals surface area contributed by atoms with Crippen molar-refractivity contribution in [3.8, 4) is 0 Å². The summed E-state index contributed by atoms with van der Waals surface area (Å²) in [6.07, 6.45) is 0. The second kappa shape index (κ2) is 5.69. The number of hydrogen-bond donors (Lipinski definition) is 2. The lowest BCUT2D eigenvalue weighted by atomic mass is 10.0. The Morgan fingerprint density at radius 1 is 1.28 bits per heavy atom. The first-order chi connectivity index (χ1) is 8.59. The number of piperazine rings is 1. The van der Waals surface area contributed by atoms with Crippen molar-refractivity contribution in [1.29, 1.82) is 0 Å². The molecule has 0 amide bonds. The lowest BCUT2D eigenvalue weighted by Gasteiger charge is -2.34. The van der Waals surface area contributed by atoms with Gasteiger partial charge in [-0.1, -0.05) is 18.3 Å². The highest BCUT2D eigenvalue weighted by atomic mass is 32.1. The number of nitrogens with zero attached hydrogens (tertiary/aromatic N) is 1. The molecule has 1 aromatic rings. The summed E-state index contributed by atoms with van der Waals surface area (Å²) in [4.78, 5) is 2.36. The van der Waals surface area contributed by atoms with Gasteiger partial charge >= 0.3 is 0 Å². The zero-order valence-corrected chi connectivity index (χ0v) is 10.6. The van der Waals surface area contributed by atoms with Crippen molar-refractivity contribution in [3.05, 3.63) is 35.4 Å². The molecule has 0 saturated carbocycles. The Hall–Kier alpha value is -1.11. The van der Waals surface area contributed by atoms with Gasteiger partial charge in [0, 0.05) is 26.2 Å². The van der Waals surface area contributed by atoms with Crippen LogP contribution in [0.25, 0.3) is 0 Å². The predicted molar refractivity (Wildman–Crippen MR) is 70.3 cm³/mol. The van der Waals surface area contributed by atoms with Crippen LogP contribution in [0.2, 0.25) is 0 Å². The molecule has 0 spiro atoms. The summed E-state index contributed by atoms with van der Waals surface area (Å²) < 4.78 is 26.2. The van der Waals surface area contributed by atoms with E-state index in [1.54, 1.807) is 0 Å². The van der Waals surface area contributed by atoms with Gasteiger partial charge in [-0.05, 0) is 17.7 Å². The largest absolute Gasteiger partial charge is 0.392 e. The second-order valence-electron chi connectivity index (χ2n) is 4.26.